The highest BCUT2D eigenvalue weighted by molar-refractivity contribution is 5.99. The molecular weight excluding hydrogens is 444 g/mol. The van der Waals surface area contributed by atoms with Gasteiger partial charge in [0.1, 0.15) is 17.9 Å². The van der Waals surface area contributed by atoms with Gasteiger partial charge in [0.25, 0.3) is 5.91 Å². The van der Waals surface area contributed by atoms with E-state index in [1.807, 2.05) is 37.3 Å². The van der Waals surface area contributed by atoms with Gasteiger partial charge in [-0.25, -0.2) is 4.79 Å². The molecule has 0 aromatic heterocycles. The molecule has 184 valence electrons. The van der Waals surface area contributed by atoms with Gasteiger partial charge in [-0.1, -0.05) is 67.9 Å². The third-order valence-corrected chi connectivity index (χ3v) is 5.51. The molecule has 1 atom stereocenters. The molecule has 3 rings (SSSR count). The molecule has 0 aliphatic heterocycles. The number of anilines is 1. The fourth-order valence-electron chi connectivity index (χ4n) is 3.23. The molecule has 0 bridgehead atoms. The standard InChI is InChI=1S/C28H32N2O5/c1-3-4-18-34-27(33)30-28(2,20-31)26(32)29-24-14-16-25(17-15-24)35-19-21-10-12-23(13-11-21)22-8-6-5-7-9-22/h5-17,31H,3-4,18-20H2,1-2H3,(H,29,32)(H,30,33)/t28-/m0/s1. The van der Waals surface area contributed by atoms with Crippen LogP contribution in [0.1, 0.15) is 32.3 Å². The summed E-state index contributed by atoms with van der Waals surface area (Å²) in [6.07, 6.45) is 0.861. The van der Waals surface area contributed by atoms with Crippen molar-refractivity contribution in [1.29, 1.82) is 0 Å². The lowest BCUT2D eigenvalue weighted by Crippen LogP contribution is -2.57. The Bertz CT molecular complexity index is 1080. The second-order valence-electron chi connectivity index (χ2n) is 8.43. The Morgan fingerprint density at radius 3 is 2.20 bits per heavy atom. The molecule has 7 heteroatoms. The summed E-state index contributed by atoms with van der Waals surface area (Å²) in [5, 5.41) is 14.8. The smallest absolute Gasteiger partial charge is 0.408 e. The lowest BCUT2D eigenvalue weighted by atomic mass is 10.0. The number of unbranched alkanes of at least 4 members (excludes halogenated alkanes) is 1. The zero-order chi connectivity index (χ0) is 25.1. The van der Waals surface area contributed by atoms with Crippen LogP contribution in [-0.2, 0) is 16.1 Å². The molecule has 0 saturated carbocycles. The molecule has 0 fully saturated rings. The average molecular weight is 477 g/mol. The van der Waals surface area contributed by atoms with E-state index in [1.54, 1.807) is 24.3 Å². The van der Waals surface area contributed by atoms with E-state index in [0.717, 1.165) is 24.0 Å². The number of benzene rings is 3. The summed E-state index contributed by atoms with van der Waals surface area (Å²) in [6.45, 7) is 3.50. The number of rotatable bonds is 11. The number of alkyl carbamates (subject to hydrolysis) is 1. The summed E-state index contributed by atoms with van der Waals surface area (Å²) in [5.41, 5.74) is 2.34. The van der Waals surface area contributed by atoms with Crippen LogP contribution in [0.3, 0.4) is 0 Å². The minimum atomic E-state index is -1.52. The number of aliphatic hydroxyl groups excluding tert-OH is 1. The van der Waals surface area contributed by atoms with Gasteiger partial charge in [-0.15, -0.1) is 0 Å². The van der Waals surface area contributed by atoms with Crippen molar-refractivity contribution < 1.29 is 24.2 Å². The van der Waals surface area contributed by atoms with Crippen LogP contribution in [0.2, 0.25) is 0 Å². The van der Waals surface area contributed by atoms with E-state index in [0.29, 0.717) is 18.0 Å². The second-order valence-corrected chi connectivity index (χ2v) is 8.43. The molecule has 3 aromatic carbocycles. The SMILES string of the molecule is CCCCOC(=O)N[C@@](C)(CO)C(=O)Nc1ccc(OCc2ccc(-c3ccccc3)cc2)cc1. The minimum absolute atomic E-state index is 0.254. The van der Waals surface area contributed by atoms with Gasteiger partial charge in [0.15, 0.2) is 0 Å². The number of carbonyl (C=O) groups excluding carboxylic acids is 2. The van der Waals surface area contributed by atoms with Gasteiger partial charge in [-0.3, -0.25) is 4.79 Å². The predicted molar refractivity (Wildman–Crippen MR) is 136 cm³/mol. The zero-order valence-corrected chi connectivity index (χ0v) is 20.1. The van der Waals surface area contributed by atoms with Gasteiger partial charge in [0.2, 0.25) is 0 Å². The van der Waals surface area contributed by atoms with E-state index in [9.17, 15) is 14.7 Å². The Labute approximate surface area is 206 Å². The number of hydrogen-bond donors (Lipinski definition) is 3. The molecule has 0 aliphatic rings. The highest BCUT2D eigenvalue weighted by atomic mass is 16.5. The summed E-state index contributed by atoms with van der Waals surface area (Å²) < 4.78 is 10.9. The van der Waals surface area contributed by atoms with Crippen molar-refractivity contribution in [3.05, 3.63) is 84.4 Å². The van der Waals surface area contributed by atoms with Gasteiger partial charge in [0, 0.05) is 5.69 Å². The van der Waals surface area contributed by atoms with Gasteiger partial charge in [-0.05, 0) is 54.3 Å². The first-order valence-corrected chi connectivity index (χ1v) is 11.7. The molecule has 0 spiro atoms. The highest BCUT2D eigenvalue weighted by Gasteiger charge is 2.35. The maximum atomic E-state index is 12.7. The molecule has 0 aliphatic carbocycles. The molecule has 35 heavy (non-hydrogen) atoms. The Kier molecular flexibility index (Phi) is 9.26. The summed E-state index contributed by atoms with van der Waals surface area (Å²) >= 11 is 0. The lowest BCUT2D eigenvalue weighted by Gasteiger charge is -2.27. The van der Waals surface area contributed by atoms with Crippen LogP contribution in [0, 0.1) is 0 Å². The maximum Gasteiger partial charge on any atom is 0.408 e. The van der Waals surface area contributed by atoms with Gasteiger partial charge >= 0.3 is 6.09 Å². The van der Waals surface area contributed by atoms with Crippen LogP contribution in [-0.4, -0.2) is 35.9 Å². The van der Waals surface area contributed by atoms with E-state index < -0.39 is 24.1 Å². The van der Waals surface area contributed by atoms with Crippen molar-refractivity contribution in [2.75, 3.05) is 18.5 Å². The third-order valence-electron chi connectivity index (χ3n) is 5.51. The zero-order valence-electron chi connectivity index (χ0n) is 20.1. The van der Waals surface area contributed by atoms with Crippen LogP contribution >= 0.6 is 0 Å². The quantitative estimate of drug-likeness (QED) is 0.333. The molecular formula is C28H32N2O5. The van der Waals surface area contributed by atoms with Crippen molar-refractivity contribution in [2.45, 2.75) is 38.8 Å². The molecule has 0 radical (unpaired) electrons. The third kappa shape index (κ3) is 7.58. The van der Waals surface area contributed by atoms with Crippen LogP contribution in [0.4, 0.5) is 10.5 Å². The first-order valence-electron chi connectivity index (χ1n) is 11.7. The largest absolute Gasteiger partial charge is 0.489 e. The Hall–Kier alpha value is -3.84. The van der Waals surface area contributed by atoms with Gasteiger partial charge in [0.05, 0.1) is 13.2 Å². The molecule has 0 saturated heterocycles. The summed E-state index contributed by atoms with van der Waals surface area (Å²) in [7, 11) is 0. The first kappa shape index (κ1) is 25.8. The van der Waals surface area contributed by atoms with E-state index in [-0.39, 0.29) is 6.61 Å². The van der Waals surface area contributed by atoms with Crippen molar-refractivity contribution in [1.82, 2.24) is 5.32 Å². The van der Waals surface area contributed by atoms with Gasteiger partial charge < -0.3 is 25.2 Å². The van der Waals surface area contributed by atoms with Crippen LogP contribution < -0.4 is 15.4 Å². The number of carbonyl (C=O) groups is 2. The fourth-order valence-corrected chi connectivity index (χ4v) is 3.23. The number of nitrogens with one attached hydrogen (secondary N) is 2. The molecule has 0 heterocycles. The topological polar surface area (TPSA) is 96.9 Å². The fraction of sp³-hybridized carbons (Fsp3) is 0.286. The maximum absolute atomic E-state index is 12.7. The van der Waals surface area contributed by atoms with Crippen molar-refractivity contribution in [3.63, 3.8) is 0 Å². The van der Waals surface area contributed by atoms with Crippen molar-refractivity contribution >= 4 is 17.7 Å². The molecule has 3 N–H and O–H groups in total. The van der Waals surface area contributed by atoms with E-state index in [1.165, 1.54) is 12.5 Å². The Morgan fingerprint density at radius 1 is 0.914 bits per heavy atom. The Morgan fingerprint density at radius 2 is 1.57 bits per heavy atom. The first-order chi connectivity index (χ1) is 16.9. The monoisotopic (exact) mass is 476 g/mol. The molecule has 0 unspecified atom stereocenters. The van der Waals surface area contributed by atoms with Crippen LogP contribution in [0.25, 0.3) is 11.1 Å². The predicted octanol–water partition coefficient (Wildman–Crippen LogP) is 5.15. The van der Waals surface area contributed by atoms with E-state index >= 15 is 0 Å². The normalized spacial score (nSPS) is 12.3. The van der Waals surface area contributed by atoms with Crippen LogP contribution in [0.5, 0.6) is 5.75 Å². The summed E-state index contributed by atoms with van der Waals surface area (Å²) in [4.78, 5) is 24.6. The highest BCUT2D eigenvalue weighted by Crippen LogP contribution is 2.21. The summed E-state index contributed by atoms with van der Waals surface area (Å²) in [5.74, 6) is 0.0947. The number of ether oxygens (including phenoxy) is 2. The molecule has 2 amide bonds. The lowest BCUT2D eigenvalue weighted by molar-refractivity contribution is -0.123. The van der Waals surface area contributed by atoms with Crippen LogP contribution in [0.15, 0.2) is 78.9 Å². The van der Waals surface area contributed by atoms with Crippen molar-refractivity contribution in [2.24, 2.45) is 0 Å². The summed E-state index contributed by atoms with van der Waals surface area (Å²) in [6, 6.07) is 25.3. The number of hydrogen-bond acceptors (Lipinski definition) is 5. The Balaban J connectivity index is 1.51. The average Bonchev–Trinajstić information content (AvgIpc) is 2.89. The number of amides is 2. The number of aliphatic hydroxyl groups is 1. The van der Waals surface area contributed by atoms with E-state index in [2.05, 4.69) is 34.9 Å². The van der Waals surface area contributed by atoms with Crippen molar-refractivity contribution in [3.8, 4) is 16.9 Å². The molecule has 3 aromatic rings. The minimum Gasteiger partial charge on any atom is -0.489 e. The molecule has 7 nitrogen and oxygen atoms in total. The van der Waals surface area contributed by atoms with E-state index in [4.69, 9.17) is 9.47 Å². The second kappa shape index (κ2) is 12.6. The van der Waals surface area contributed by atoms with Gasteiger partial charge in [-0.2, -0.15) is 0 Å².